The van der Waals surface area contributed by atoms with Gasteiger partial charge in [-0.05, 0) is 40.3 Å². The highest BCUT2D eigenvalue weighted by Crippen LogP contribution is 2.11. The fourth-order valence-electron chi connectivity index (χ4n) is 0.896. The molecule has 0 aromatic heterocycles. The van der Waals surface area contributed by atoms with Gasteiger partial charge in [-0.3, -0.25) is 4.90 Å². The maximum Gasteiger partial charge on any atom is 0.0609 e. The molecule has 2 nitrogen and oxygen atoms in total. The zero-order valence-corrected chi connectivity index (χ0v) is 8.51. The second kappa shape index (κ2) is 5.33. The molecule has 0 amide bonds. The Bertz CT molecular complexity index is 132. The van der Waals surface area contributed by atoms with Crippen molar-refractivity contribution in [3.05, 3.63) is 12.7 Å². The number of allylic oxidation sites excluding steroid dienone is 1. The van der Waals surface area contributed by atoms with E-state index in [1.807, 2.05) is 27.0 Å². The van der Waals surface area contributed by atoms with Crippen LogP contribution < -0.4 is 0 Å². The van der Waals surface area contributed by atoms with Gasteiger partial charge in [0.15, 0.2) is 0 Å². The monoisotopic (exact) mass is 171 g/mol. The van der Waals surface area contributed by atoms with Crippen molar-refractivity contribution in [2.45, 2.75) is 32.2 Å². The first-order valence-corrected chi connectivity index (χ1v) is 4.47. The molecule has 0 spiro atoms. The largest absolute Gasteiger partial charge is 0.394 e. The number of nitrogens with zero attached hydrogens (tertiary/aromatic N) is 1. The van der Waals surface area contributed by atoms with E-state index in [2.05, 4.69) is 11.5 Å². The molecule has 0 bridgehead atoms. The minimum atomic E-state index is -0.0961. The molecule has 0 atom stereocenters. The molecule has 0 saturated heterocycles. The van der Waals surface area contributed by atoms with Crippen molar-refractivity contribution in [1.82, 2.24) is 4.90 Å². The number of rotatable bonds is 6. The Hall–Kier alpha value is -0.340. The van der Waals surface area contributed by atoms with Crippen LogP contribution in [0.25, 0.3) is 0 Å². The number of hydrogen-bond acceptors (Lipinski definition) is 2. The molecule has 0 fully saturated rings. The number of unbranched alkanes of at least 4 members (excludes halogenated alkanes) is 1. The normalized spacial score (nSPS) is 12.1. The van der Waals surface area contributed by atoms with Gasteiger partial charge in [0.1, 0.15) is 0 Å². The molecule has 0 aromatic rings. The summed E-state index contributed by atoms with van der Waals surface area (Å²) >= 11 is 0. The number of hydrogen-bond donors (Lipinski definition) is 1. The molecule has 0 aliphatic carbocycles. The van der Waals surface area contributed by atoms with Gasteiger partial charge in [0, 0.05) is 5.54 Å². The molecule has 12 heavy (non-hydrogen) atoms. The summed E-state index contributed by atoms with van der Waals surface area (Å²) in [6.07, 6.45) is 4.09. The van der Waals surface area contributed by atoms with Gasteiger partial charge in [-0.1, -0.05) is 6.08 Å². The van der Waals surface area contributed by atoms with E-state index in [4.69, 9.17) is 5.11 Å². The standard InChI is InChI=1S/C10H21NO/c1-5-6-7-8-11(4)10(2,3)9-12/h5,12H,1,6-9H2,2-4H3. The van der Waals surface area contributed by atoms with Crippen LogP contribution in [-0.4, -0.2) is 35.7 Å². The number of aliphatic hydroxyl groups is 1. The van der Waals surface area contributed by atoms with Crippen LogP contribution in [-0.2, 0) is 0 Å². The Morgan fingerprint density at radius 1 is 1.50 bits per heavy atom. The van der Waals surface area contributed by atoms with E-state index < -0.39 is 0 Å². The van der Waals surface area contributed by atoms with Crippen LogP contribution in [0.4, 0.5) is 0 Å². The third-order valence-corrected chi connectivity index (χ3v) is 2.32. The molecule has 72 valence electrons. The maximum absolute atomic E-state index is 9.06. The lowest BCUT2D eigenvalue weighted by molar-refractivity contribution is 0.0784. The summed E-state index contributed by atoms with van der Waals surface area (Å²) in [5.41, 5.74) is -0.0961. The SMILES string of the molecule is C=CCCCN(C)C(C)(C)CO. The summed E-state index contributed by atoms with van der Waals surface area (Å²) < 4.78 is 0. The van der Waals surface area contributed by atoms with E-state index in [1.54, 1.807) is 0 Å². The van der Waals surface area contributed by atoms with E-state index in [1.165, 1.54) is 0 Å². The van der Waals surface area contributed by atoms with Crippen molar-refractivity contribution in [3.63, 3.8) is 0 Å². The van der Waals surface area contributed by atoms with Crippen LogP contribution >= 0.6 is 0 Å². The van der Waals surface area contributed by atoms with Crippen molar-refractivity contribution >= 4 is 0 Å². The highest BCUT2D eigenvalue weighted by Gasteiger charge is 2.21. The predicted octanol–water partition coefficient (Wildman–Crippen LogP) is 1.66. The van der Waals surface area contributed by atoms with Gasteiger partial charge in [-0.15, -0.1) is 6.58 Å². The Labute approximate surface area is 75.9 Å². The van der Waals surface area contributed by atoms with Crippen LogP contribution in [0.3, 0.4) is 0 Å². The minimum Gasteiger partial charge on any atom is -0.394 e. The lowest BCUT2D eigenvalue weighted by Gasteiger charge is -2.33. The predicted molar refractivity (Wildman–Crippen MR) is 53.2 cm³/mol. The zero-order valence-electron chi connectivity index (χ0n) is 8.51. The summed E-state index contributed by atoms with van der Waals surface area (Å²) in [6, 6.07) is 0. The van der Waals surface area contributed by atoms with Gasteiger partial charge < -0.3 is 5.11 Å². The van der Waals surface area contributed by atoms with Crippen LogP contribution in [0.1, 0.15) is 26.7 Å². The summed E-state index contributed by atoms with van der Waals surface area (Å²) in [7, 11) is 2.04. The first-order chi connectivity index (χ1) is 5.54. The second-order valence-corrected chi connectivity index (χ2v) is 3.82. The van der Waals surface area contributed by atoms with Crippen LogP contribution in [0.2, 0.25) is 0 Å². The van der Waals surface area contributed by atoms with Crippen LogP contribution in [0.5, 0.6) is 0 Å². The average Bonchev–Trinajstić information content (AvgIpc) is 2.05. The van der Waals surface area contributed by atoms with E-state index >= 15 is 0 Å². The Morgan fingerprint density at radius 3 is 2.50 bits per heavy atom. The van der Waals surface area contributed by atoms with Crippen LogP contribution in [0, 0.1) is 0 Å². The van der Waals surface area contributed by atoms with Crippen LogP contribution in [0.15, 0.2) is 12.7 Å². The highest BCUT2D eigenvalue weighted by molar-refractivity contribution is 4.78. The molecule has 0 aromatic carbocycles. The Balaban J connectivity index is 3.70. The van der Waals surface area contributed by atoms with E-state index in [-0.39, 0.29) is 12.1 Å². The van der Waals surface area contributed by atoms with E-state index in [0.717, 1.165) is 19.4 Å². The van der Waals surface area contributed by atoms with Gasteiger partial charge in [-0.2, -0.15) is 0 Å². The van der Waals surface area contributed by atoms with Gasteiger partial charge >= 0.3 is 0 Å². The van der Waals surface area contributed by atoms with Gasteiger partial charge in [0.25, 0.3) is 0 Å². The Kier molecular flexibility index (Phi) is 5.18. The van der Waals surface area contributed by atoms with Gasteiger partial charge in [0.2, 0.25) is 0 Å². The fraction of sp³-hybridized carbons (Fsp3) is 0.800. The first kappa shape index (κ1) is 11.7. The molecule has 0 aliphatic heterocycles. The highest BCUT2D eigenvalue weighted by atomic mass is 16.3. The lowest BCUT2D eigenvalue weighted by atomic mass is 10.0. The smallest absolute Gasteiger partial charge is 0.0609 e. The molecule has 0 unspecified atom stereocenters. The van der Waals surface area contributed by atoms with Crippen molar-refractivity contribution < 1.29 is 5.11 Å². The van der Waals surface area contributed by atoms with E-state index in [9.17, 15) is 0 Å². The molecular formula is C10H21NO. The van der Waals surface area contributed by atoms with Gasteiger partial charge in [-0.25, -0.2) is 0 Å². The summed E-state index contributed by atoms with van der Waals surface area (Å²) in [6.45, 7) is 8.98. The fourth-order valence-corrected chi connectivity index (χ4v) is 0.896. The molecule has 2 heteroatoms. The molecular weight excluding hydrogens is 150 g/mol. The molecule has 0 rings (SSSR count). The second-order valence-electron chi connectivity index (χ2n) is 3.82. The van der Waals surface area contributed by atoms with Crippen molar-refractivity contribution in [2.24, 2.45) is 0 Å². The number of likely N-dealkylation sites (N-methyl/N-ethyl adjacent to an activating group) is 1. The molecule has 1 N–H and O–H groups in total. The molecule has 0 aliphatic rings. The maximum atomic E-state index is 9.06. The summed E-state index contributed by atoms with van der Waals surface area (Å²) in [4.78, 5) is 2.18. The number of aliphatic hydroxyl groups excluding tert-OH is 1. The van der Waals surface area contributed by atoms with Gasteiger partial charge in [0.05, 0.1) is 6.61 Å². The third kappa shape index (κ3) is 3.88. The lowest BCUT2D eigenvalue weighted by Crippen LogP contribution is -2.44. The third-order valence-electron chi connectivity index (χ3n) is 2.32. The Morgan fingerprint density at radius 2 is 2.08 bits per heavy atom. The minimum absolute atomic E-state index is 0.0961. The van der Waals surface area contributed by atoms with Crippen molar-refractivity contribution in [2.75, 3.05) is 20.2 Å². The quantitative estimate of drug-likeness (QED) is 0.485. The van der Waals surface area contributed by atoms with Crippen molar-refractivity contribution in [3.8, 4) is 0 Å². The molecule has 0 heterocycles. The summed E-state index contributed by atoms with van der Waals surface area (Å²) in [5, 5.41) is 9.06. The average molecular weight is 171 g/mol. The van der Waals surface area contributed by atoms with E-state index in [0.29, 0.717) is 0 Å². The van der Waals surface area contributed by atoms with Crippen molar-refractivity contribution in [1.29, 1.82) is 0 Å². The molecule has 0 radical (unpaired) electrons. The first-order valence-electron chi connectivity index (χ1n) is 4.47. The summed E-state index contributed by atoms with van der Waals surface area (Å²) in [5.74, 6) is 0. The topological polar surface area (TPSA) is 23.5 Å². The molecule has 0 saturated carbocycles. The zero-order chi connectivity index (χ0) is 9.61.